The summed E-state index contributed by atoms with van der Waals surface area (Å²) in [5.41, 5.74) is 1.32. The number of methoxy groups -OCH3 is 1. The summed E-state index contributed by atoms with van der Waals surface area (Å²) in [6, 6.07) is 3.10. The molecule has 2 heterocycles. The molecule has 0 saturated carbocycles. The molecular formula is C13H15FN2O2S. The summed E-state index contributed by atoms with van der Waals surface area (Å²) in [5, 5.41) is 0. The van der Waals surface area contributed by atoms with Crippen LogP contribution in [0.1, 0.15) is 13.3 Å². The average Bonchev–Trinajstić information content (AvgIpc) is 2.91. The molecule has 1 N–H and O–H groups in total. The van der Waals surface area contributed by atoms with E-state index in [0.717, 1.165) is 11.9 Å². The van der Waals surface area contributed by atoms with Crippen molar-refractivity contribution in [2.45, 2.75) is 18.9 Å². The molecule has 1 aromatic carbocycles. The number of aromatic nitrogens is 2. The van der Waals surface area contributed by atoms with Crippen LogP contribution in [-0.4, -0.2) is 29.9 Å². The lowest BCUT2D eigenvalue weighted by Gasteiger charge is -2.25. The van der Waals surface area contributed by atoms with Crippen LogP contribution in [0, 0.1) is 10.6 Å². The lowest BCUT2D eigenvalue weighted by molar-refractivity contribution is 0.162. The molecule has 3 rings (SSSR count). The normalized spacial score (nSPS) is 23.1. The van der Waals surface area contributed by atoms with E-state index in [4.69, 9.17) is 21.7 Å². The van der Waals surface area contributed by atoms with Crippen LogP contribution in [0.15, 0.2) is 12.1 Å². The van der Waals surface area contributed by atoms with Gasteiger partial charge in [-0.3, -0.25) is 0 Å². The number of nitrogens with one attached hydrogen (secondary N) is 1. The zero-order valence-corrected chi connectivity index (χ0v) is 11.6. The van der Waals surface area contributed by atoms with Crippen molar-refractivity contribution < 1.29 is 13.9 Å². The fourth-order valence-electron chi connectivity index (χ4n) is 2.63. The van der Waals surface area contributed by atoms with Gasteiger partial charge in [-0.1, -0.05) is 0 Å². The van der Waals surface area contributed by atoms with E-state index < -0.39 is 5.82 Å². The number of H-pyrrole nitrogens is 1. The quantitative estimate of drug-likeness (QED) is 0.861. The zero-order valence-electron chi connectivity index (χ0n) is 10.8. The highest BCUT2D eigenvalue weighted by molar-refractivity contribution is 7.71. The van der Waals surface area contributed by atoms with Gasteiger partial charge in [0.25, 0.3) is 0 Å². The molecule has 1 fully saturated rings. The van der Waals surface area contributed by atoms with Gasteiger partial charge < -0.3 is 19.0 Å². The summed E-state index contributed by atoms with van der Waals surface area (Å²) in [7, 11) is 1.45. The molecule has 6 heteroatoms. The van der Waals surface area contributed by atoms with Gasteiger partial charge in [-0.25, -0.2) is 4.39 Å². The minimum absolute atomic E-state index is 0.196. The number of fused-ring (bicyclic) bond motifs is 1. The number of benzene rings is 1. The van der Waals surface area contributed by atoms with Crippen molar-refractivity contribution in [3.63, 3.8) is 0 Å². The van der Waals surface area contributed by atoms with Crippen molar-refractivity contribution >= 4 is 23.3 Å². The molecule has 0 aliphatic carbocycles. The highest BCUT2D eigenvalue weighted by atomic mass is 32.1. The van der Waals surface area contributed by atoms with Crippen molar-refractivity contribution in [3.8, 4) is 5.75 Å². The van der Waals surface area contributed by atoms with E-state index in [1.54, 1.807) is 6.07 Å². The van der Waals surface area contributed by atoms with Crippen molar-refractivity contribution in [3.05, 3.63) is 22.7 Å². The average molecular weight is 282 g/mol. The molecule has 0 radical (unpaired) electrons. The second-order valence-corrected chi connectivity index (χ2v) is 5.46. The molecule has 1 aliphatic heterocycles. The van der Waals surface area contributed by atoms with E-state index in [9.17, 15) is 4.39 Å². The molecule has 1 aromatic heterocycles. The molecule has 19 heavy (non-hydrogen) atoms. The number of ether oxygens (including phenoxy) is 2. The second-order valence-electron chi connectivity index (χ2n) is 5.07. The van der Waals surface area contributed by atoms with E-state index >= 15 is 0 Å². The van der Waals surface area contributed by atoms with Crippen LogP contribution in [0.4, 0.5) is 4.39 Å². The van der Waals surface area contributed by atoms with Gasteiger partial charge in [0.2, 0.25) is 0 Å². The van der Waals surface area contributed by atoms with Gasteiger partial charge in [0.1, 0.15) is 0 Å². The van der Waals surface area contributed by atoms with E-state index in [2.05, 4.69) is 11.9 Å². The Labute approximate surface area is 115 Å². The minimum Gasteiger partial charge on any atom is -0.494 e. The molecule has 2 aromatic rings. The summed E-state index contributed by atoms with van der Waals surface area (Å²) < 4.78 is 26.8. The molecule has 102 valence electrons. The molecule has 0 amide bonds. The first-order valence-electron chi connectivity index (χ1n) is 6.12. The van der Waals surface area contributed by atoms with E-state index in [0.29, 0.717) is 23.5 Å². The molecule has 1 aliphatic rings. The van der Waals surface area contributed by atoms with Crippen LogP contribution in [0.3, 0.4) is 0 Å². The summed E-state index contributed by atoms with van der Waals surface area (Å²) >= 11 is 5.37. The number of rotatable bonds is 2. The molecular weight excluding hydrogens is 267 g/mol. The Bertz CT molecular complexity index is 686. The maximum atomic E-state index is 13.7. The monoisotopic (exact) mass is 282 g/mol. The third-order valence-corrected chi connectivity index (χ3v) is 3.98. The first-order chi connectivity index (χ1) is 9.05. The number of hydrogen-bond donors (Lipinski definition) is 1. The van der Waals surface area contributed by atoms with Gasteiger partial charge in [-0.2, -0.15) is 0 Å². The van der Waals surface area contributed by atoms with Crippen LogP contribution in [0.2, 0.25) is 0 Å². The minimum atomic E-state index is -0.397. The standard InChI is InChI=1S/C13H15FN2O2S/c1-13(3-4-18-7-13)16-10-6-11(17-2)8(14)5-9(10)15-12(16)19/h5-6H,3-4,7H2,1-2H3,(H,15,19). The van der Waals surface area contributed by atoms with Gasteiger partial charge in [0.15, 0.2) is 16.3 Å². The predicted octanol–water partition coefficient (Wildman–Crippen LogP) is 2.98. The van der Waals surface area contributed by atoms with E-state index in [1.807, 2.05) is 4.57 Å². The van der Waals surface area contributed by atoms with Crippen LogP contribution < -0.4 is 4.74 Å². The number of halogens is 1. The molecule has 1 atom stereocenters. The number of hydrogen-bond acceptors (Lipinski definition) is 3. The summed E-state index contributed by atoms with van der Waals surface area (Å²) in [4.78, 5) is 3.05. The van der Waals surface area contributed by atoms with E-state index in [1.165, 1.54) is 13.2 Å². The van der Waals surface area contributed by atoms with Crippen LogP contribution in [0.5, 0.6) is 5.75 Å². The van der Waals surface area contributed by atoms with Gasteiger partial charge in [0, 0.05) is 18.7 Å². The summed E-state index contributed by atoms with van der Waals surface area (Å²) in [6.45, 7) is 3.41. The highest BCUT2D eigenvalue weighted by Crippen LogP contribution is 2.33. The Balaban J connectivity index is 2.29. The molecule has 0 bridgehead atoms. The SMILES string of the molecule is COc1cc2c(cc1F)[nH]c(=S)n2C1(C)CCOC1. The van der Waals surface area contributed by atoms with Gasteiger partial charge in [-0.05, 0) is 25.6 Å². The predicted molar refractivity (Wildman–Crippen MR) is 72.7 cm³/mol. The Hall–Kier alpha value is -1.40. The molecule has 4 nitrogen and oxygen atoms in total. The van der Waals surface area contributed by atoms with Crippen molar-refractivity contribution in [2.75, 3.05) is 20.3 Å². The highest BCUT2D eigenvalue weighted by Gasteiger charge is 2.33. The summed E-state index contributed by atoms with van der Waals surface area (Å²) in [6.07, 6.45) is 0.883. The first kappa shape index (κ1) is 12.6. The van der Waals surface area contributed by atoms with Crippen molar-refractivity contribution in [2.24, 2.45) is 0 Å². The van der Waals surface area contributed by atoms with Gasteiger partial charge in [-0.15, -0.1) is 0 Å². The largest absolute Gasteiger partial charge is 0.494 e. The third kappa shape index (κ3) is 1.86. The van der Waals surface area contributed by atoms with Crippen LogP contribution >= 0.6 is 12.2 Å². The van der Waals surface area contributed by atoms with Gasteiger partial charge in [0.05, 0.1) is 30.3 Å². The van der Waals surface area contributed by atoms with Crippen LogP contribution in [-0.2, 0) is 10.3 Å². The maximum absolute atomic E-state index is 13.7. The fraction of sp³-hybridized carbons (Fsp3) is 0.462. The summed E-state index contributed by atoms with van der Waals surface area (Å²) in [5.74, 6) is -0.177. The Morgan fingerprint density at radius 3 is 2.95 bits per heavy atom. The first-order valence-corrected chi connectivity index (χ1v) is 6.52. The maximum Gasteiger partial charge on any atom is 0.178 e. The Morgan fingerprint density at radius 2 is 2.32 bits per heavy atom. The second kappa shape index (κ2) is 4.31. The molecule has 0 spiro atoms. The van der Waals surface area contributed by atoms with Crippen molar-refractivity contribution in [1.29, 1.82) is 0 Å². The smallest absolute Gasteiger partial charge is 0.178 e. The number of imidazole rings is 1. The topological polar surface area (TPSA) is 39.2 Å². The Morgan fingerprint density at radius 1 is 1.53 bits per heavy atom. The lowest BCUT2D eigenvalue weighted by Crippen LogP contribution is -2.30. The van der Waals surface area contributed by atoms with Gasteiger partial charge >= 0.3 is 0 Å². The molecule has 1 unspecified atom stereocenters. The fourth-order valence-corrected chi connectivity index (χ4v) is 3.06. The zero-order chi connectivity index (χ0) is 13.6. The van der Waals surface area contributed by atoms with Crippen molar-refractivity contribution in [1.82, 2.24) is 9.55 Å². The Kier molecular flexibility index (Phi) is 2.87. The third-order valence-electron chi connectivity index (χ3n) is 3.69. The number of aromatic amines is 1. The van der Waals surface area contributed by atoms with Crippen LogP contribution in [0.25, 0.3) is 11.0 Å². The molecule has 1 saturated heterocycles. The number of nitrogens with zero attached hydrogens (tertiary/aromatic N) is 1. The van der Waals surface area contributed by atoms with E-state index in [-0.39, 0.29) is 11.3 Å². The lowest BCUT2D eigenvalue weighted by atomic mass is 10.0.